The van der Waals surface area contributed by atoms with Gasteiger partial charge >= 0.3 is 0 Å². The van der Waals surface area contributed by atoms with Crippen molar-refractivity contribution >= 4 is 27.0 Å². The number of aromatic nitrogens is 2. The summed E-state index contributed by atoms with van der Waals surface area (Å²) in [6.45, 7) is 0. The minimum absolute atomic E-state index is 0.143. The van der Waals surface area contributed by atoms with E-state index in [0.717, 1.165) is 4.88 Å². The molecular weight excluding hydrogens is 358 g/mol. The zero-order valence-corrected chi connectivity index (χ0v) is 13.4. The fraction of sp³-hybridized carbons (Fsp3) is 0. The average Bonchev–Trinajstić information content (AvgIpc) is 3.20. The number of nitriles is 1. The molecule has 0 bridgehead atoms. The number of halogens is 2. The van der Waals surface area contributed by atoms with Crippen LogP contribution in [-0.2, 0) is 10.0 Å². The van der Waals surface area contributed by atoms with Gasteiger partial charge in [-0.1, -0.05) is 0 Å². The van der Waals surface area contributed by atoms with Crippen LogP contribution >= 0.6 is 11.3 Å². The predicted molar refractivity (Wildman–Crippen MR) is 83.8 cm³/mol. The number of sulfonamides is 1. The van der Waals surface area contributed by atoms with E-state index >= 15 is 0 Å². The lowest BCUT2D eigenvalue weighted by Gasteiger charge is -2.08. The summed E-state index contributed by atoms with van der Waals surface area (Å²) < 4.78 is 54.0. The Balaban J connectivity index is 1.93. The first-order valence-electron chi connectivity index (χ1n) is 6.40. The van der Waals surface area contributed by atoms with Gasteiger partial charge in [0.2, 0.25) is 0 Å². The van der Waals surface area contributed by atoms with Crippen LogP contribution in [0.2, 0.25) is 0 Å². The van der Waals surface area contributed by atoms with Gasteiger partial charge in [0, 0.05) is 18.5 Å². The Bertz CT molecular complexity index is 1040. The van der Waals surface area contributed by atoms with Gasteiger partial charge in [0.25, 0.3) is 10.0 Å². The van der Waals surface area contributed by atoms with E-state index in [4.69, 9.17) is 5.26 Å². The Kier molecular flexibility index (Phi) is 4.04. The molecule has 0 saturated carbocycles. The number of benzene rings is 1. The van der Waals surface area contributed by atoms with Gasteiger partial charge in [-0.15, -0.1) is 11.3 Å². The maximum absolute atomic E-state index is 13.8. The number of anilines is 1. The number of hydrogen-bond donors (Lipinski definition) is 2. The second kappa shape index (κ2) is 6.03. The van der Waals surface area contributed by atoms with Crippen LogP contribution < -0.4 is 4.72 Å². The molecule has 0 saturated heterocycles. The van der Waals surface area contributed by atoms with Crippen molar-refractivity contribution in [3.8, 4) is 16.6 Å². The number of nitrogens with zero attached hydrogens (tertiary/aromatic N) is 2. The molecule has 0 amide bonds. The summed E-state index contributed by atoms with van der Waals surface area (Å²) >= 11 is 1.31. The molecule has 0 aliphatic heterocycles. The van der Waals surface area contributed by atoms with Crippen LogP contribution in [0.3, 0.4) is 0 Å². The molecule has 2 heterocycles. The van der Waals surface area contributed by atoms with Crippen molar-refractivity contribution in [1.29, 1.82) is 5.26 Å². The minimum Gasteiger partial charge on any atom is -0.359 e. The first kappa shape index (κ1) is 16.1. The minimum atomic E-state index is -4.13. The number of aromatic amines is 1. The lowest BCUT2D eigenvalue weighted by Crippen LogP contribution is -2.13. The van der Waals surface area contributed by atoms with Crippen LogP contribution in [0.25, 0.3) is 10.6 Å². The quantitative estimate of drug-likeness (QED) is 0.741. The number of thiazole rings is 1. The molecule has 0 fully saturated rings. The summed E-state index contributed by atoms with van der Waals surface area (Å²) in [5.74, 6) is -2.06. The molecule has 6 nitrogen and oxygen atoms in total. The van der Waals surface area contributed by atoms with E-state index in [9.17, 15) is 17.2 Å². The van der Waals surface area contributed by atoms with Crippen LogP contribution in [-0.4, -0.2) is 18.4 Å². The van der Waals surface area contributed by atoms with E-state index in [-0.39, 0.29) is 4.90 Å². The van der Waals surface area contributed by atoms with Gasteiger partial charge < -0.3 is 4.98 Å². The van der Waals surface area contributed by atoms with E-state index in [1.807, 2.05) is 4.72 Å². The Labute approximate surface area is 139 Å². The fourth-order valence-corrected chi connectivity index (χ4v) is 3.59. The predicted octanol–water partition coefficient (Wildman–Crippen LogP) is 3.09. The molecule has 3 aromatic rings. The van der Waals surface area contributed by atoms with Gasteiger partial charge in [-0.05, 0) is 12.1 Å². The largest absolute Gasteiger partial charge is 0.359 e. The van der Waals surface area contributed by atoms with Crippen LogP contribution in [0.15, 0.2) is 41.0 Å². The molecule has 0 aliphatic carbocycles. The highest BCUT2D eigenvalue weighted by Gasteiger charge is 2.20. The fourth-order valence-electron chi connectivity index (χ4n) is 1.94. The highest BCUT2D eigenvalue weighted by molar-refractivity contribution is 7.92. The summed E-state index contributed by atoms with van der Waals surface area (Å²) in [5.41, 5.74) is 1.04. The number of H-pyrrole nitrogens is 1. The van der Waals surface area contributed by atoms with Crippen molar-refractivity contribution in [2.24, 2.45) is 0 Å². The Morgan fingerprint density at radius 3 is 2.71 bits per heavy atom. The van der Waals surface area contributed by atoms with Gasteiger partial charge in [0.05, 0.1) is 27.3 Å². The molecule has 2 N–H and O–H groups in total. The Morgan fingerprint density at radius 1 is 1.25 bits per heavy atom. The number of rotatable bonds is 4. The smallest absolute Gasteiger partial charge is 0.263 e. The third kappa shape index (κ3) is 2.99. The molecule has 0 spiro atoms. The van der Waals surface area contributed by atoms with Gasteiger partial charge in [-0.25, -0.2) is 17.2 Å². The van der Waals surface area contributed by atoms with Crippen molar-refractivity contribution in [2.45, 2.75) is 4.90 Å². The van der Waals surface area contributed by atoms with Crippen molar-refractivity contribution in [1.82, 2.24) is 9.97 Å². The number of nitrogens with one attached hydrogen (secondary N) is 2. The molecular formula is C14H8F2N4O2S2. The van der Waals surface area contributed by atoms with Gasteiger partial charge in [-0.3, -0.25) is 9.71 Å². The molecule has 2 aromatic heterocycles. The molecule has 0 aliphatic rings. The zero-order chi connectivity index (χ0) is 17.3. The molecule has 0 unspecified atom stereocenters. The van der Waals surface area contributed by atoms with Crippen LogP contribution in [0, 0.1) is 23.0 Å². The highest BCUT2D eigenvalue weighted by atomic mass is 32.2. The molecule has 0 atom stereocenters. The first-order valence-corrected chi connectivity index (χ1v) is 8.76. The molecule has 0 radical (unpaired) electrons. The standard InChI is InChI=1S/C14H8F2N4O2S2/c15-10-3-12(11(16)1-8(10)4-17)20-24(21,22)9-2-13(19-5-9)14-6-18-7-23-14/h1-3,5-7,19-20H. The molecule has 122 valence electrons. The summed E-state index contributed by atoms with van der Waals surface area (Å²) in [4.78, 5) is 7.26. The van der Waals surface area contributed by atoms with Crippen molar-refractivity contribution in [2.75, 3.05) is 4.72 Å². The van der Waals surface area contributed by atoms with Crippen molar-refractivity contribution < 1.29 is 17.2 Å². The molecule has 10 heteroatoms. The average molecular weight is 366 g/mol. The van der Waals surface area contributed by atoms with E-state index in [1.54, 1.807) is 11.7 Å². The van der Waals surface area contributed by atoms with Crippen molar-refractivity contribution in [3.05, 3.63) is 53.3 Å². The van der Waals surface area contributed by atoms with Gasteiger partial charge in [-0.2, -0.15) is 5.26 Å². The second-order valence-corrected chi connectivity index (χ2v) is 7.21. The summed E-state index contributed by atoms with van der Waals surface area (Å²) in [6.07, 6.45) is 2.80. The summed E-state index contributed by atoms with van der Waals surface area (Å²) in [5, 5.41) is 8.63. The van der Waals surface area contributed by atoms with Crippen molar-refractivity contribution in [3.63, 3.8) is 0 Å². The lowest BCUT2D eigenvalue weighted by atomic mass is 10.2. The van der Waals surface area contributed by atoms with Crippen LogP contribution in [0.4, 0.5) is 14.5 Å². The maximum atomic E-state index is 13.8. The molecule has 1 aromatic carbocycles. The first-order chi connectivity index (χ1) is 11.4. The lowest BCUT2D eigenvalue weighted by molar-refractivity contribution is 0.593. The van der Waals surface area contributed by atoms with E-state index in [2.05, 4.69) is 9.97 Å². The topological polar surface area (TPSA) is 98.6 Å². The second-order valence-electron chi connectivity index (χ2n) is 4.64. The monoisotopic (exact) mass is 366 g/mol. The summed E-state index contributed by atoms with van der Waals surface area (Å²) in [7, 11) is -4.13. The van der Waals surface area contributed by atoms with Crippen LogP contribution in [0.5, 0.6) is 0 Å². The highest BCUT2D eigenvalue weighted by Crippen LogP contribution is 2.27. The normalized spacial score (nSPS) is 11.2. The third-order valence-electron chi connectivity index (χ3n) is 3.09. The molecule has 24 heavy (non-hydrogen) atoms. The Morgan fingerprint density at radius 2 is 2.04 bits per heavy atom. The maximum Gasteiger partial charge on any atom is 0.263 e. The SMILES string of the molecule is N#Cc1cc(F)c(NS(=O)(=O)c2c[nH]c(-c3cncs3)c2)cc1F. The van der Waals surface area contributed by atoms with Crippen LogP contribution in [0.1, 0.15) is 5.56 Å². The van der Waals surface area contributed by atoms with E-state index in [0.29, 0.717) is 17.8 Å². The zero-order valence-electron chi connectivity index (χ0n) is 11.7. The number of hydrogen-bond acceptors (Lipinski definition) is 5. The molecule has 3 rings (SSSR count). The van der Waals surface area contributed by atoms with E-state index in [1.165, 1.54) is 29.7 Å². The summed E-state index contributed by atoms with van der Waals surface area (Å²) in [6, 6.07) is 4.09. The third-order valence-corrected chi connectivity index (χ3v) is 5.24. The van der Waals surface area contributed by atoms with E-state index < -0.39 is 32.9 Å². The van der Waals surface area contributed by atoms with Gasteiger partial charge in [0.1, 0.15) is 22.6 Å². The Hall–Kier alpha value is -2.77. The van der Waals surface area contributed by atoms with Gasteiger partial charge in [0.15, 0.2) is 0 Å².